The van der Waals surface area contributed by atoms with E-state index < -0.39 is 41.8 Å². The lowest BCUT2D eigenvalue weighted by atomic mass is 10.0. The molecule has 1 aromatic carbocycles. The number of aliphatic carboxylic acids is 1. The van der Waals surface area contributed by atoms with Gasteiger partial charge in [-0.1, -0.05) is 53.5 Å². The van der Waals surface area contributed by atoms with Crippen LogP contribution in [-0.4, -0.2) is 53.5 Å². The molecule has 0 radical (unpaired) electrons. The van der Waals surface area contributed by atoms with Crippen molar-refractivity contribution in [3.8, 4) is 11.5 Å². The second kappa shape index (κ2) is 16.8. The molecule has 10 heteroatoms. The molecular weight excluding hydrogens is 518 g/mol. The van der Waals surface area contributed by atoms with Gasteiger partial charge in [-0.25, -0.2) is 4.79 Å². The third kappa shape index (κ3) is 13.3. The minimum absolute atomic E-state index is 0.0341. The van der Waals surface area contributed by atoms with Gasteiger partial charge in [-0.3, -0.25) is 14.4 Å². The molecule has 10 nitrogen and oxygen atoms in total. The second-order valence-electron chi connectivity index (χ2n) is 11.1. The summed E-state index contributed by atoms with van der Waals surface area (Å²) >= 11 is 0. The number of nitrogens with one attached hydrogen (secondary N) is 1. The van der Waals surface area contributed by atoms with Crippen LogP contribution in [0.3, 0.4) is 0 Å². The number of benzene rings is 1. The first-order valence-corrected chi connectivity index (χ1v) is 14.1. The molecule has 0 saturated heterocycles. The molecule has 0 aliphatic heterocycles. The first-order chi connectivity index (χ1) is 18.7. The summed E-state index contributed by atoms with van der Waals surface area (Å²) in [6.45, 7) is 15.0. The van der Waals surface area contributed by atoms with Crippen LogP contribution >= 0.6 is 0 Å². The third-order valence-electron chi connectivity index (χ3n) is 6.78. The molecule has 0 aliphatic carbocycles. The maximum absolute atomic E-state index is 12.5. The number of rotatable bonds is 17. The fourth-order valence-corrected chi connectivity index (χ4v) is 3.35. The van der Waals surface area contributed by atoms with Crippen molar-refractivity contribution in [2.45, 2.75) is 112 Å². The molecule has 3 unspecified atom stereocenters. The highest BCUT2D eigenvalue weighted by Crippen LogP contribution is 2.31. The van der Waals surface area contributed by atoms with Crippen LogP contribution in [0.25, 0.3) is 0 Å². The van der Waals surface area contributed by atoms with Crippen LogP contribution in [0.15, 0.2) is 18.2 Å². The van der Waals surface area contributed by atoms with Gasteiger partial charge in [0.25, 0.3) is 0 Å². The zero-order valence-corrected chi connectivity index (χ0v) is 25.2. The van der Waals surface area contributed by atoms with Gasteiger partial charge in [0.15, 0.2) is 11.5 Å². The SMILES string of the molecule is CCC(C)CC(=O)Oc1ccc(C[C@H](NCC(C)OC(=O)OC(C)(C)CC)C(=O)O)cc1OC(=O)CC(C)CC. The Hall–Kier alpha value is -3.14. The number of esters is 2. The average molecular weight is 566 g/mol. The van der Waals surface area contributed by atoms with Gasteiger partial charge in [-0.15, -0.1) is 0 Å². The largest absolute Gasteiger partial charge is 0.509 e. The predicted octanol–water partition coefficient (Wildman–Crippen LogP) is 5.69. The summed E-state index contributed by atoms with van der Waals surface area (Å²) in [6, 6.07) is 3.62. The maximum atomic E-state index is 12.5. The number of hydrogen-bond acceptors (Lipinski definition) is 9. The van der Waals surface area contributed by atoms with Gasteiger partial charge in [0.05, 0.1) is 0 Å². The van der Waals surface area contributed by atoms with E-state index in [-0.39, 0.29) is 49.1 Å². The Kier molecular flexibility index (Phi) is 14.7. The minimum atomic E-state index is -1.11. The smallest absolute Gasteiger partial charge is 0.480 e. The van der Waals surface area contributed by atoms with Crippen LogP contribution in [-0.2, 0) is 30.3 Å². The number of carbonyl (C=O) groups is 4. The van der Waals surface area contributed by atoms with E-state index in [1.165, 1.54) is 12.1 Å². The number of carboxylic acid groups (broad SMARTS) is 1. The van der Waals surface area contributed by atoms with Gasteiger partial charge in [-0.2, -0.15) is 0 Å². The van der Waals surface area contributed by atoms with E-state index in [0.29, 0.717) is 12.0 Å². The molecule has 1 rings (SSSR count). The highest BCUT2D eigenvalue weighted by Gasteiger charge is 2.25. The molecular formula is C30H47NO9. The van der Waals surface area contributed by atoms with Crippen molar-refractivity contribution in [3.63, 3.8) is 0 Å². The van der Waals surface area contributed by atoms with Gasteiger partial charge in [0.2, 0.25) is 0 Å². The van der Waals surface area contributed by atoms with Crippen molar-refractivity contribution < 1.29 is 43.2 Å². The lowest BCUT2D eigenvalue weighted by molar-refractivity contribution is -0.139. The normalized spacial score (nSPS) is 14.4. The fourth-order valence-electron chi connectivity index (χ4n) is 3.35. The summed E-state index contributed by atoms with van der Waals surface area (Å²) in [7, 11) is 0. The third-order valence-corrected chi connectivity index (χ3v) is 6.78. The van der Waals surface area contributed by atoms with E-state index in [0.717, 1.165) is 12.8 Å². The zero-order chi connectivity index (χ0) is 30.5. The van der Waals surface area contributed by atoms with E-state index in [1.807, 2.05) is 34.6 Å². The van der Waals surface area contributed by atoms with Crippen molar-refractivity contribution in [3.05, 3.63) is 23.8 Å². The Balaban J connectivity index is 3.00. The monoisotopic (exact) mass is 565 g/mol. The topological polar surface area (TPSA) is 137 Å². The minimum Gasteiger partial charge on any atom is -0.480 e. The quantitative estimate of drug-likeness (QED) is 0.179. The van der Waals surface area contributed by atoms with Crippen LogP contribution in [0.2, 0.25) is 0 Å². The molecule has 4 atom stereocenters. The Morgan fingerprint density at radius 1 is 0.900 bits per heavy atom. The maximum Gasteiger partial charge on any atom is 0.509 e. The van der Waals surface area contributed by atoms with E-state index in [2.05, 4.69) is 5.32 Å². The number of carbonyl (C=O) groups excluding carboxylic acids is 3. The Labute approximate surface area is 238 Å². The highest BCUT2D eigenvalue weighted by molar-refractivity contribution is 5.77. The van der Waals surface area contributed by atoms with Crippen LogP contribution < -0.4 is 14.8 Å². The molecule has 1 aromatic rings. The Bertz CT molecular complexity index is 991. The molecule has 0 aliphatic rings. The highest BCUT2D eigenvalue weighted by atomic mass is 16.7. The number of carboxylic acids is 1. The summed E-state index contributed by atoms with van der Waals surface area (Å²) < 4.78 is 21.6. The van der Waals surface area contributed by atoms with Crippen LogP contribution in [0.4, 0.5) is 4.79 Å². The molecule has 0 fully saturated rings. The number of ether oxygens (including phenoxy) is 4. The lowest BCUT2D eigenvalue weighted by Crippen LogP contribution is -2.43. The average Bonchev–Trinajstić information content (AvgIpc) is 2.86. The molecule has 0 saturated carbocycles. The molecule has 0 bridgehead atoms. The van der Waals surface area contributed by atoms with E-state index in [4.69, 9.17) is 18.9 Å². The number of hydrogen-bond donors (Lipinski definition) is 2. The van der Waals surface area contributed by atoms with Crippen LogP contribution in [0.1, 0.15) is 93.1 Å². The van der Waals surface area contributed by atoms with Crippen LogP contribution in [0.5, 0.6) is 11.5 Å². The molecule has 0 amide bonds. The van der Waals surface area contributed by atoms with Crippen molar-refractivity contribution in [2.75, 3.05) is 6.54 Å². The van der Waals surface area contributed by atoms with E-state index >= 15 is 0 Å². The molecule has 0 spiro atoms. The van der Waals surface area contributed by atoms with Gasteiger partial charge in [0.1, 0.15) is 17.7 Å². The lowest BCUT2D eigenvalue weighted by Gasteiger charge is -2.24. The molecule has 2 N–H and O–H groups in total. The zero-order valence-electron chi connectivity index (χ0n) is 25.2. The van der Waals surface area contributed by atoms with E-state index in [1.54, 1.807) is 26.8 Å². The van der Waals surface area contributed by atoms with E-state index in [9.17, 15) is 24.3 Å². The van der Waals surface area contributed by atoms with Gasteiger partial charge in [-0.05, 0) is 63.1 Å². The summed E-state index contributed by atoms with van der Waals surface area (Å²) in [5.41, 5.74) is -0.121. The van der Waals surface area contributed by atoms with Crippen LogP contribution in [0, 0.1) is 11.8 Å². The Morgan fingerprint density at radius 3 is 1.95 bits per heavy atom. The second-order valence-corrected chi connectivity index (χ2v) is 11.1. The van der Waals surface area contributed by atoms with Gasteiger partial charge in [0, 0.05) is 19.4 Å². The summed E-state index contributed by atoms with van der Waals surface area (Å²) in [5.74, 6) is -1.61. The molecule has 0 heterocycles. The standard InChI is InChI=1S/C30H47NO9/c1-9-19(4)14-26(32)38-24-13-12-22(17-25(24)39-27(33)15-20(5)10-2)16-23(28(34)35)31-18-21(6)37-29(36)40-30(7,8)11-3/h12-13,17,19-21,23,31H,9-11,14-16,18H2,1-8H3,(H,34,35)/t19?,20?,21?,23-/m0/s1. The molecule has 40 heavy (non-hydrogen) atoms. The van der Waals surface area contributed by atoms with Gasteiger partial charge >= 0.3 is 24.1 Å². The molecule has 0 aromatic heterocycles. The first kappa shape index (κ1) is 34.9. The van der Waals surface area contributed by atoms with Crippen molar-refractivity contribution >= 4 is 24.1 Å². The first-order valence-electron chi connectivity index (χ1n) is 14.1. The predicted molar refractivity (Wildman–Crippen MR) is 150 cm³/mol. The van der Waals surface area contributed by atoms with Gasteiger partial charge < -0.3 is 29.4 Å². The summed E-state index contributed by atoms with van der Waals surface area (Å²) in [5, 5.41) is 12.7. The van der Waals surface area contributed by atoms with Crippen molar-refractivity contribution in [1.82, 2.24) is 5.32 Å². The fraction of sp³-hybridized carbons (Fsp3) is 0.667. The van der Waals surface area contributed by atoms with Crippen molar-refractivity contribution in [2.24, 2.45) is 11.8 Å². The van der Waals surface area contributed by atoms with Crippen molar-refractivity contribution in [1.29, 1.82) is 0 Å². The molecule has 226 valence electrons. The summed E-state index contributed by atoms with van der Waals surface area (Å²) in [6.07, 6.45) is 1.20. The summed E-state index contributed by atoms with van der Waals surface area (Å²) in [4.78, 5) is 49.0. The Morgan fingerprint density at radius 2 is 1.45 bits per heavy atom.